The van der Waals surface area contributed by atoms with E-state index in [0.717, 1.165) is 83.0 Å². The number of aromatic nitrogens is 4. The molecule has 0 fully saturated rings. The van der Waals surface area contributed by atoms with Crippen LogP contribution in [0.25, 0.3) is 121 Å². The van der Waals surface area contributed by atoms with E-state index in [1.165, 1.54) is 38.1 Å². The van der Waals surface area contributed by atoms with Crippen LogP contribution in [0.4, 0.5) is 0 Å². The first-order chi connectivity index (χ1) is 32.2. The van der Waals surface area contributed by atoms with Gasteiger partial charge in [-0.15, -0.1) is 0 Å². The second kappa shape index (κ2) is 13.9. The van der Waals surface area contributed by atoms with Crippen LogP contribution in [0, 0.1) is 0 Å². The molecule has 4 heterocycles. The third kappa shape index (κ3) is 5.39. The molecule has 0 aliphatic heterocycles. The fourth-order valence-electron chi connectivity index (χ4n) is 10.5. The Kier molecular flexibility index (Phi) is 7.62. The number of furan rings is 1. The molecular formula is C60H38N4O. The van der Waals surface area contributed by atoms with Gasteiger partial charge in [0.05, 0.1) is 27.8 Å². The van der Waals surface area contributed by atoms with E-state index in [2.05, 4.69) is 249 Å². The van der Waals surface area contributed by atoms with Crippen molar-refractivity contribution in [3.8, 4) is 22.7 Å². The van der Waals surface area contributed by atoms with Gasteiger partial charge >= 0.3 is 0 Å². The minimum absolute atomic E-state index is 0.849. The molecule has 0 radical (unpaired) electrons. The summed E-state index contributed by atoms with van der Waals surface area (Å²) in [5, 5.41) is 9.21. The normalized spacial score (nSPS) is 12.0. The first-order valence-corrected chi connectivity index (χ1v) is 22.2. The van der Waals surface area contributed by atoms with Crippen LogP contribution in [0.1, 0.15) is 0 Å². The molecule has 4 aromatic heterocycles. The molecule has 5 nitrogen and oxygen atoms in total. The zero-order valence-corrected chi connectivity index (χ0v) is 35.1. The van der Waals surface area contributed by atoms with Gasteiger partial charge in [0, 0.05) is 71.4 Å². The summed E-state index contributed by atoms with van der Waals surface area (Å²) in [6, 6.07) is 83.7. The number of fused-ring (bicyclic) bond motifs is 13. The van der Waals surface area contributed by atoms with E-state index in [9.17, 15) is 0 Å². The Morgan fingerprint density at radius 1 is 0.262 bits per heavy atom. The van der Waals surface area contributed by atoms with Crippen molar-refractivity contribution in [1.29, 1.82) is 0 Å². The van der Waals surface area contributed by atoms with Gasteiger partial charge in [-0.3, -0.25) is 0 Å². The monoisotopic (exact) mass is 830 g/mol. The van der Waals surface area contributed by atoms with E-state index >= 15 is 0 Å². The molecular weight excluding hydrogens is 793 g/mol. The highest BCUT2D eigenvalue weighted by atomic mass is 16.3. The van der Waals surface area contributed by atoms with Gasteiger partial charge in [-0.05, 0) is 132 Å². The lowest BCUT2D eigenvalue weighted by molar-refractivity contribution is 0.669. The zero-order chi connectivity index (χ0) is 42.6. The summed E-state index contributed by atoms with van der Waals surface area (Å²) in [6.07, 6.45) is 0. The Morgan fingerprint density at radius 3 is 1.45 bits per heavy atom. The fraction of sp³-hybridized carbons (Fsp3) is 0. The zero-order valence-electron chi connectivity index (χ0n) is 35.1. The average molecular weight is 831 g/mol. The van der Waals surface area contributed by atoms with Crippen molar-refractivity contribution in [3.05, 3.63) is 231 Å². The van der Waals surface area contributed by atoms with Gasteiger partial charge in [-0.2, -0.15) is 0 Å². The van der Waals surface area contributed by atoms with Gasteiger partial charge < -0.3 is 22.7 Å². The van der Waals surface area contributed by atoms with E-state index in [-0.39, 0.29) is 0 Å². The molecule has 304 valence electrons. The van der Waals surface area contributed by atoms with Gasteiger partial charge in [-0.1, -0.05) is 109 Å². The molecule has 0 atom stereocenters. The Bertz CT molecular complexity index is 4290. The summed E-state index contributed by atoms with van der Waals surface area (Å²) in [5.41, 5.74) is 15.0. The molecule has 10 aromatic carbocycles. The average Bonchev–Trinajstić information content (AvgIpc) is 4.02. The van der Waals surface area contributed by atoms with Crippen LogP contribution in [0.15, 0.2) is 235 Å². The lowest BCUT2D eigenvalue weighted by Gasteiger charge is -2.16. The number of hydrogen-bond donors (Lipinski definition) is 0. The lowest BCUT2D eigenvalue weighted by Crippen LogP contribution is -2.02. The van der Waals surface area contributed by atoms with Crippen molar-refractivity contribution in [1.82, 2.24) is 18.3 Å². The highest BCUT2D eigenvalue weighted by Crippen LogP contribution is 2.39. The van der Waals surface area contributed by atoms with Crippen molar-refractivity contribution in [2.45, 2.75) is 0 Å². The van der Waals surface area contributed by atoms with E-state index in [1.807, 2.05) is 0 Å². The Hall–Kier alpha value is -8.80. The van der Waals surface area contributed by atoms with Gasteiger partial charge in [0.25, 0.3) is 0 Å². The summed E-state index contributed by atoms with van der Waals surface area (Å²) < 4.78 is 16.3. The molecule has 0 saturated carbocycles. The van der Waals surface area contributed by atoms with Gasteiger partial charge in [0.15, 0.2) is 0 Å². The highest BCUT2D eigenvalue weighted by molar-refractivity contribution is 6.13. The van der Waals surface area contributed by atoms with Gasteiger partial charge in [-0.25, -0.2) is 0 Å². The van der Waals surface area contributed by atoms with Crippen LogP contribution >= 0.6 is 0 Å². The van der Waals surface area contributed by atoms with E-state index in [4.69, 9.17) is 4.42 Å². The van der Waals surface area contributed by atoms with Crippen LogP contribution in [0.2, 0.25) is 0 Å². The topological polar surface area (TPSA) is 32.9 Å². The fourth-order valence-corrected chi connectivity index (χ4v) is 10.5. The van der Waals surface area contributed by atoms with Gasteiger partial charge in [0.1, 0.15) is 11.2 Å². The van der Waals surface area contributed by atoms with E-state index in [1.54, 1.807) is 0 Å². The van der Waals surface area contributed by atoms with Crippen molar-refractivity contribution in [2.24, 2.45) is 0 Å². The number of benzene rings is 10. The molecule has 0 aliphatic rings. The highest BCUT2D eigenvalue weighted by Gasteiger charge is 2.19. The summed E-state index contributed by atoms with van der Waals surface area (Å²) in [6.45, 7) is 0. The third-order valence-electron chi connectivity index (χ3n) is 13.4. The standard InChI is InChI=1S/C60H38N4O/c1-3-16-41(17-4-1)63-54-25-9-8-23-49(54)51-36-45(28-31-56(51)63)61-43-20-11-14-39(34-43)40-15-12-21-44(35-40)62(47-30-33-59-53(38-47)52-37-46(61)29-32-58(52)65-59)57-27-13-24-50-48-22-7-10-26-55(48)64(60(50)57)42-18-5-2-6-19-42/h1-38H. The molecule has 5 heteroatoms. The minimum Gasteiger partial charge on any atom is -0.456 e. The maximum atomic E-state index is 6.65. The maximum Gasteiger partial charge on any atom is 0.135 e. The number of hydrogen-bond acceptors (Lipinski definition) is 1. The van der Waals surface area contributed by atoms with Crippen molar-refractivity contribution in [3.63, 3.8) is 0 Å². The van der Waals surface area contributed by atoms with Crippen LogP contribution < -0.4 is 0 Å². The molecule has 0 aliphatic carbocycles. The third-order valence-corrected chi connectivity index (χ3v) is 13.4. The smallest absolute Gasteiger partial charge is 0.135 e. The minimum atomic E-state index is 0.849. The van der Waals surface area contributed by atoms with E-state index in [0.29, 0.717) is 0 Å². The largest absolute Gasteiger partial charge is 0.456 e. The molecule has 0 spiro atoms. The Labute approximate surface area is 372 Å². The quantitative estimate of drug-likeness (QED) is 0.174. The summed E-state index contributed by atoms with van der Waals surface area (Å²) in [5.74, 6) is 0. The maximum absolute atomic E-state index is 6.65. The van der Waals surface area contributed by atoms with Crippen LogP contribution in [0.3, 0.4) is 0 Å². The second-order valence-corrected chi connectivity index (χ2v) is 17.0. The second-order valence-electron chi connectivity index (χ2n) is 17.0. The van der Waals surface area contributed by atoms with Crippen LogP contribution in [-0.2, 0) is 0 Å². The molecule has 8 bridgehead atoms. The molecule has 65 heavy (non-hydrogen) atoms. The summed E-state index contributed by atoms with van der Waals surface area (Å²) in [7, 11) is 0. The predicted molar refractivity (Wildman–Crippen MR) is 271 cm³/mol. The lowest BCUT2D eigenvalue weighted by atomic mass is 10.1. The van der Waals surface area contributed by atoms with Crippen LogP contribution in [-0.4, -0.2) is 18.3 Å². The van der Waals surface area contributed by atoms with Gasteiger partial charge in [0.2, 0.25) is 0 Å². The molecule has 14 rings (SSSR count). The summed E-state index contributed by atoms with van der Waals surface area (Å²) in [4.78, 5) is 0. The van der Waals surface area contributed by atoms with Crippen molar-refractivity contribution < 1.29 is 4.42 Å². The predicted octanol–water partition coefficient (Wildman–Crippen LogP) is 15.9. The SMILES string of the molecule is c1ccc(-n2c3ccccc3c3cc(-n4c5cccc(c5)c5cccc(c5)n(-c5cccc6c7ccccc7n(-c7ccccc7)c56)c5ccc6oc7ccc4cc7c6c5)ccc32)cc1. The number of nitrogens with zero attached hydrogens (tertiary/aromatic N) is 4. The first-order valence-electron chi connectivity index (χ1n) is 22.2. The molecule has 0 N–H and O–H groups in total. The first kappa shape index (κ1) is 35.8. The number of para-hydroxylation sites is 5. The Morgan fingerprint density at radius 2 is 0.769 bits per heavy atom. The molecule has 0 unspecified atom stereocenters. The summed E-state index contributed by atoms with van der Waals surface area (Å²) >= 11 is 0. The van der Waals surface area contributed by atoms with Crippen molar-refractivity contribution >= 4 is 98.4 Å². The Balaban J connectivity index is 1.10. The molecule has 0 amide bonds. The number of rotatable bonds is 4. The van der Waals surface area contributed by atoms with Crippen molar-refractivity contribution in [2.75, 3.05) is 0 Å². The van der Waals surface area contributed by atoms with Crippen LogP contribution in [0.5, 0.6) is 0 Å². The molecule has 0 saturated heterocycles. The molecule has 14 aromatic rings. The van der Waals surface area contributed by atoms with E-state index < -0.39 is 0 Å².